The fraction of sp³-hybridized carbons (Fsp3) is 0.214. The number of thioether (sulfide) groups is 1. The van der Waals surface area contributed by atoms with Crippen LogP contribution in [-0.2, 0) is 6.54 Å². The van der Waals surface area contributed by atoms with Crippen LogP contribution in [0.4, 0.5) is 0 Å². The molecule has 0 saturated heterocycles. The monoisotopic (exact) mass is 295 g/mol. The molecule has 0 spiro atoms. The van der Waals surface area contributed by atoms with Gasteiger partial charge in [0.15, 0.2) is 11.0 Å². The number of halogens is 1. The Labute approximate surface area is 121 Å². The van der Waals surface area contributed by atoms with Crippen molar-refractivity contribution in [1.29, 1.82) is 0 Å². The molecule has 1 aromatic heterocycles. The first-order valence-corrected chi connectivity index (χ1v) is 7.34. The zero-order valence-electron chi connectivity index (χ0n) is 10.7. The van der Waals surface area contributed by atoms with Crippen LogP contribution in [0.15, 0.2) is 45.7 Å². The molecule has 100 valence electrons. The van der Waals surface area contributed by atoms with Crippen molar-refractivity contribution >= 4 is 29.3 Å². The number of hydrogen-bond acceptors (Lipinski definition) is 3. The van der Waals surface area contributed by atoms with Crippen LogP contribution in [0.3, 0.4) is 0 Å². The lowest BCUT2D eigenvalue weighted by atomic mass is 10.2. The molecule has 0 aliphatic carbocycles. The minimum Gasteiger partial charge on any atom is -0.440 e. The predicted octanol–water partition coefficient (Wildman–Crippen LogP) is 3.93. The zero-order chi connectivity index (χ0) is 13.8. The Kier molecular flexibility index (Phi) is 4.56. The van der Waals surface area contributed by atoms with E-state index >= 15 is 0 Å². The summed E-state index contributed by atoms with van der Waals surface area (Å²) in [5.41, 5.74) is 1.08. The van der Waals surface area contributed by atoms with Crippen molar-refractivity contribution < 1.29 is 9.21 Å². The van der Waals surface area contributed by atoms with Crippen LogP contribution in [0.2, 0.25) is 5.22 Å². The summed E-state index contributed by atoms with van der Waals surface area (Å²) in [7, 11) is 1.74. The molecule has 19 heavy (non-hydrogen) atoms. The average Bonchev–Trinajstić information content (AvgIpc) is 2.85. The number of amides is 1. The van der Waals surface area contributed by atoms with Gasteiger partial charge in [0.25, 0.3) is 5.91 Å². The van der Waals surface area contributed by atoms with E-state index in [1.165, 1.54) is 4.90 Å². The minimum absolute atomic E-state index is 0.180. The van der Waals surface area contributed by atoms with Crippen LogP contribution < -0.4 is 0 Å². The number of nitrogens with zero attached hydrogens (tertiary/aromatic N) is 1. The van der Waals surface area contributed by atoms with Crippen molar-refractivity contribution in [2.24, 2.45) is 0 Å². The Morgan fingerprint density at radius 1 is 1.26 bits per heavy atom. The van der Waals surface area contributed by atoms with Crippen molar-refractivity contribution in [3.8, 4) is 0 Å². The van der Waals surface area contributed by atoms with Gasteiger partial charge in [-0.3, -0.25) is 4.79 Å². The van der Waals surface area contributed by atoms with Gasteiger partial charge in [-0.15, -0.1) is 11.8 Å². The van der Waals surface area contributed by atoms with E-state index in [1.54, 1.807) is 35.8 Å². The molecular weight excluding hydrogens is 282 g/mol. The van der Waals surface area contributed by atoms with Gasteiger partial charge in [-0.25, -0.2) is 0 Å². The quantitative estimate of drug-likeness (QED) is 0.802. The predicted molar refractivity (Wildman–Crippen MR) is 77.7 cm³/mol. The number of carbonyl (C=O) groups excluding carboxylic acids is 1. The highest BCUT2D eigenvalue weighted by Gasteiger charge is 2.15. The minimum atomic E-state index is -0.180. The van der Waals surface area contributed by atoms with E-state index in [9.17, 15) is 4.79 Å². The van der Waals surface area contributed by atoms with Crippen molar-refractivity contribution in [2.45, 2.75) is 11.4 Å². The van der Waals surface area contributed by atoms with Gasteiger partial charge < -0.3 is 9.32 Å². The summed E-state index contributed by atoms with van der Waals surface area (Å²) in [5.74, 6) is 0.0778. The number of rotatable bonds is 4. The van der Waals surface area contributed by atoms with Crippen molar-refractivity contribution in [1.82, 2.24) is 4.90 Å². The normalized spacial score (nSPS) is 10.5. The number of furan rings is 1. The van der Waals surface area contributed by atoms with Gasteiger partial charge in [-0.1, -0.05) is 12.1 Å². The van der Waals surface area contributed by atoms with Crippen LogP contribution in [0.1, 0.15) is 16.1 Å². The lowest BCUT2D eigenvalue weighted by Gasteiger charge is -2.15. The smallest absolute Gasteiger partial charge is 0.289 e. The maximum absolute atomic E-state index is 12.1. The molecule has 1 aromatic carbocycles. The zero-order valence-corrected chi connectivity index (χ0v) is 12.3. The molecule has 0 saturated carbocycles. The molecule has 0 N–H and O–H groups in total. The summed E-state index contributed by atoms with van der Waals surface area (Å²) in [5, 5.41) is 0.223. The Hall–Kier alpha value is -1.39. The molecule has 0 aliphatic rings. The van der Waals surface area contributed by atoms with E-state index in [0.717, 1.165) is 5.56 Å². The van der Waals surface area contributed by atoms with Gasteiger partial charge in [0.1, 0.15) is 0 Å². The van der Waals surface area contributed by atoms with E-state index in [-0.39, 0.29) is 16.9 Å². The third kappa shape index (κ3) is 3.55. The highest BCUT2D eigenvalue weighted by atomic mass is 35.5. The van der Waals surface area contributed by atoms with Crippen LogP contribution >= 0.6 is 23.4 Å². The van der Waals surface area contributed by atoms with Crippen molar-refractivity contribution in [2.75, 3.05) is 13.3 Å². The second-order valence-electron chi connectivity index (χ2n) is 4.11. The molecule has 3 nitrogen and oxygen atoms in total. The van der Waals surface area contributed by atoms with Gasteiger partial charge in [-0.2, -0.15) is 0 Å². The summed E-state index contributed by atoms with van der Waals surface area (Å²) in [6, 6.07) is 11.3. The molecule has 0 radical (unpaired) electrons. The Morgan fingerprint density at radius 2 is 1.95 bits per heavy atom. The molecule has 5 heteroatoms. The third-order valence-electron chi connectivity index (χ3n) is 2.71. The summed E-state index contributed by atoms with van der Waals surface area (Å²) >= 11 is 7.36. The van der Waals surface area contributed by atoms with Crippen molar-refractivity contribution in [3.63, 3.8) is 0 Å². The maximum Gasteiger partial charge on any atom is 0.289 e. The van der Waals surface area contributed by atoms with E-state index in [0.29, 0.717) is 6.54 Å². The van der Waals surface area contributed by atoms with Crippen LogP contribution in [-0.4, -0.2) is 24.1 Å². The fourth-order valence-corrected chi connectivity index (χ4v) is 2.25. The number of hydrogen-bond donors (Lipinski definition) is 0. The molecule has 0 bridgehead atoms. The van der Waals surface area contributed by atoms with Crippen LogP contribution in [0.25, 0.3) is 0 Å². The standard InChI is InChI=1S/C14H14ClNO2S/c1-16(14(17)12-7-8-13(15)18-12)9-10-3-5-11(19-2)6-4-10/h3-8H,9H2,1-2H3. The lowest BCUT2D eigenvalue weighted by Crippen LogP contribution is -2.25. The van der Waals surface area contributed by atoms with Gasteiger partial charge in [0.2, 0.25) is 0 Å². The molecule has 0 atom stereocenters. The lowest BCUT2D eigenvalue weighted by molar-refractivity contribution is 0.0753. The van der Waals surface area contributed by atoms with Gasteiger partial charge in [0.05, 0.1) is 0 Å². The summed E-state index contributed by atoms with van der Waals surface area (Å²) in [6.45, 7) is 0.534. The Balaban J connectivity index is 2.03. The highest BCUT2D eigenvalue weighted by Crippen LogP contribution is 2.18. The maximum atomic E-state index is 12.1. The van der Waals surface area contributed by atoms with E-state index in [2.05, 4.69) is 0 Å². The first-order valence-electron chi connectivity index (χ1n) is 5.74. The molecule has 0 unspecified atom stereocenters. The van der Waals surface area contributed by atoms with Crippen LogP contribution in [0, 0.1) is 0 Å². The first kappa shape index (κ1) is 14.0. The van der Waals surface area contributed by atoms with E-state index in [4.69, 9.17) is 16.0 Å². The molecule has 2 rings (SSSR count). The van der Waals surface area contributed by atoms with Gasteiger partial charge in [0, 0.05) is 18.5 Å². The second-order valence-corrected chi connectivity index (χ2v) is 5.37. The summed E-state index contributed by atoms with van der Waals surface area (Å²) in [4.78, 5) is 14.9. The Bertz CT molecular complexity index is 565. The second kappa shape index (κ2) is 6.17. The van der Waals surface area contributed by atoms with Crippen molar-refractivity contribution in [3.05, 3.63) is 52.9 Å². The van der Waals surface area contributed by atoms with E-state index in [1.807, 2.05) is 30.5 Å². The Morgan fingerprint density at radius 3 is 2.47 bits per heavy atom. The van der Waals surface area contributed by atoms with Crippen LogP contribution in [0.5, 0.6) is 0 Å². The topological polar surface area (TPSA) is 33.5 Å². The molecule has 0 fully saturated rings. The molecule has 1 amide bonds. The fourth-order valence-electron chi connectivity index (χ4n) is 1.69. The molecule has 1 heterocycles. The summed E-state index contributed by atoms with van der Waals surface area (Å²) < 4.78 is 5.11. The third-order valence-corrected chi connectivity index (χ3v) is 3.66. The SMILES string of the molecule is CSc1ccc(CN(C)C(=O)c2ccc(Cl)o2)cc1. The van der Waals surface area contributed by atoms with Gasteiger partial charge in [-0.05, 0) is 47.7 Å². The molecule has 0 aliphatic heterocycles. The average molecular weight is 296 g/mol. The number of benzene rings is 1. The molecule has 2 aromatic rings. The highest BCUT2D eigenvalue weighted by molar-refractivity contribution is 7.98. The summed E-state index contributed by atoms with van der Waals surface area (Å²) in [6.07, 6.45) is 2.03. The van der Waals surface area contributed by atoms with E-state index < -0.39 is 0 Å². The van der Waals surface area contributed by atoms with Gasteiger partial charge >= 0.3 is 0 Å². The molecular formula is C14H14ClNO2S. The number of carbonyl (C=O) groups is 1. The first-order chi connectivity index (χ1) is 9.10. The largest absolute Gasteiger partial charge is 0.440 e.